The molecular formula is C31H27F5N6O. The maximum absolute atomic E-state index is 15.8. The summed E-state index contributed by atoms with van der Waals surface area (Å²) in [7, 11) is 5.43. The van der Waals surface area contributed by atoms with E-state index in [1.165, 1.54) is 16.4 Å². The van der Waals surface area contributed by atoms with Gasteiger partial charge in [0.15, 0.2) is 23.0 Å². The predicted octanol–water partition coefficient (Wildman–Crippen LogP) is 6.40. The van der Waals surface area contributed by atoms with Crippen LogP contribution in [-0.2, 0) is 26.3 Å². The number of anilines is 2. The summed E-state index contributed by atoms with van der Waals surface area (Å²) >= 11 is 0. The number of alkyl halides is 3. The third kappa shape index (κ3) is 5.21. The van der Waals surface area contributed by atoms with Crippen LogP contribution in [0.2, 0.25) is 0 Å². The molecule has 1 aliphatic rings. The monoisotopic (exact) mass is 594 g/mol. The first-order valence-electron chi connectivity index (χ1n) is 13.5. The molecule has 12 heteroatoms. The summed E-state index contributed by atoms with van der Waals surface area (Å²) in [5.41, 5.74) is 0.760. The fraction of sp³-hybridized carbons (Fsp3) is 0.258. The number of aryl methyl sites for hydroxylation is 1. The Hall–Kier alpha value is -4.74. The van der Waals surface area contributed by atoms with E-state index >= 15 is 8.78 Å². The number of likely N-dealkylation sites (N-methyl/N-ethyl adjacent to an activating group) is 2. The minimum atomic E-state index is -5.11. The first kappa shape index (κ1) is 28.4. The van der Waals surface area contributed by atoms with Gasteiger partial charge in [0.25, 0.3) is 0 Å². The van der Waals surface area contributed by atoms with Gasteiger partial charge < -0.3 is 14.5 Å². The van der Waals surface area contributed by atoms with Crippen LogP contribution in [0.1, 0.15) is 16.7 Å². The molecule has 1 unspecified atom stereocenters. The fourth-order valence-electron chi connectivity index (χ4n) is 5.46. The maximum Gasteiger partial charge on any atom is 0.419 e. The van der Waals surface area contributed by atoms with Crippen molar-refractivity contribution in [2.75, 3.05) is 30.4 Å². The van der Waals surface area contributed by atoms with Gasteiger partial charge in [0.1, 0.15) is 12.3 Å². The highest BCUT2D eigenvalue weighted by Crippen LogP contribution is 2.42. The van der Waals surface area contributed by atoms with Crippen LogP contribution in [0, 0.1) is 11.6 Å². The molecule has 1 aliphatic heterocycles. The van der Waals surface area contributed by atoms with Crippen LogP contribution in [0.25, 0.3) is 22.3 Å². The predicted molar refractivity (Wildman–Crippen MR) is 153 cm³/mol. The van der Waals surface area contributed by atoms with E-state index in [0.29, 0.717) is 17.6 Å². The topological polar surface area (TPSA) is 59.3 Å². The summed E-state index contributed by atoms with van der Waals surface area (Å²) in [6.45, 7) is 0.385. The molecule has 3 heterocycles. The quantitative estimate of drug-likeness (QED) is 0.212. The Bertz CT molecular complexity index is 1810. The summed E-state index contributed by atoms with van der Waals surface area (Å²) in [5, 5.41) is 4.50. The van der Waals surface area contributed by atoms with Gasteiger partial charge in [-0.05, 0) is 29.7 Å². The van der Waals surface area contributed by atoms with Crippen LogP contribution < -0.4 is 14.5 Å². The number of hydrogen-bond acceptors (Lipinski definition) is 6. The van der Waals surface area contributed by atoms with Crippen LogP contribution in [0.3, 0.4) is 0 Å². The van der Waals surface area contributed by atoms with E-state index in [1.54, 1.807) is 37.4 Å². The molecule has 0 bridgehead atoms. The fourth-order valence-corrected chi connectivity index (χ4v) is 5.46. The van der Waals surface area contributed by atoms with Gasteiger partial charge >= 0.3 is 6.18 Å². The van der Waals surface area contributed by atoms with Gasteiger partial charge in [0.2, 0.25) is 5.95 Å². The smallest absolute Gasteiger partial charge is 0.419 e. The second-order valence-corrected chi connectivity index (χ2v) is 10.6. The molecule has 0 radical (unpaired) electrons. The molecule has 0 aliphatic carbocycles. The maximum atomic E-state index is 15.8. The molecule has 1 atom stereocenters. The third-order valence-corrected chi connectivity index (χ3v) is 7.72. The number of ether oxygens (including phenoxy) is 1. The SMILES string of the molecule is CN1CC(N(C)c2ncc3c(-c4cc(C(F)(F)F)c(F)c(OCc5ccccc5)c4F)nn(C)c3n2)Cc2ccccc21. The zero-order chi connectivity index (χ0) is 30.5. The lowest BCUT2D eigenvalue weighted by Gasteiger charge is -2.38. The van der Waals surface area contributed by atoms with Crippen molar-refractivity contribution in [2.24, 2.45) is 7.05 Å². The van der Waals surface area contributed by atoms with Crippen molar-refractivity contribution in [3.8, 4) is 17.0 Å². The zero-order valence-corrected chi connectivity index (χ0v) is 23.5. The van der Waals surface area contributed by atoms with E-state index in [2.05, 4.69) is 32.1 Å². The molecule has 0 spiro atoms. The number of hydrogen-bond donors (Lipinski definition) is 0. The lowest BCUT2D eigenvalue weighted by Crippen LogP contribution is -2.46. The van der Waals surface area contributed by atoms with Crippen molar-refractivity contribution in [1.29, 1.82) is 0 Å². The Kier molecular flexibility index (Phi) is 7.15. The Labute approximate surface area is 244 Å². The van der Waals surface area contributed by atoms with E-state index in [1.807, 2.05) is 31.1 Å². The number of benzene rings is 3. The van der Waals surface area contributed by atoms with E-state index in [9.17, 15) is 13.2 Å². The van der Waals surface area contributed by atoms with E-state index in [-0.39, 0.29) is 29.4 Å². The summed E-state index contributed by atoms with van der Waals surface area (Å²) in [6.07, 6.45) is -2.94. The van der Waals surface area contributed by atoms with Gasteiger partial charge in [0, 0.05) is 45.1 Å². The first-order valence-corrected chi connectivity index (χ1v) is 13.5. The highest BCUT2D eigenvalue weighted by Gasteiger charge is 2.39. The summed E-state index contributed by atoms with van der Waals surface area (Å²) in [5.74, 6) is -3.88. The molecule has 0 fully saturated rings. The molecule has 0 saturated carbocycles. The number of rotatable bonds is 6. The molecule has 0 N–H and O–H groups in total. The Balaban J connectivity index is 1.38. The van der Waals surface area contributed by atoms with Gasteiger partial charge in [-0.1, -0.05) is 48.5 Å². The first-order chi connectivity index (χ1) is 20.5. The van der Waals surface area contributed by atoms with Crippen LogP contribution in [0.4, 0.5) is 33.6 Å². The molecule has 0 amide bonds. The Morgan fingerprint density at radius 1 is 1.00 bits per heavy atom. The van der Waals surface area contributed by atoms with Crippen molar-refractivity contribution in [3.63, 3.8) is 0 Å². The van der Waals surface area contributed by atoms with Gasteiger partial charge in [-0.3, -0.25) is 0 Å². The normalized spacial score (nSPS) is 15.1. The van der Waals surface area contributed by atoms with E-state index < -0.39 is 34.7 Å². The molecule has 5 aromatic rings. The summed E-state index contributed by atoms with van der Waals surface area (Å²) < 4.78 is 79.2. The molecule has 222 valence electrons. The number of halogens is 5. The highest BCUT2D eigenvalue weighted by atomic mass is 19.4. The minimum absolute atomic E-state index is 0.0401. The largest absolute Gasteiger partial charge is 0.483 e. The molecule has 3 aromatic carbocycles. The number of fused-ring (bicyclic) bond motifs is 2. The van der Waals surface area contributed by atoms with Crippen molar-refractivity contribution >= 4 is 22.7 Å². The highest BCUT2D eigenvalue weighted by molar-refractivity contribution is 5.91. The third-order valence-electron chi connectivity index (χ3n) is 7.72. The molecule has 7 nitrogen and oxygen atoms in total. The van der Waals surface area contributed by atoms with Crippen molar-refractivity contribution in [2.45, 2.75) is 25.2 Å². The summed E-state index contributed by atoms with van der Waals surface area (Å²) in [6, 6.07) is 16.9. The molecule has 2 aromatic heterocycles. The summed E-state index contributed by atoms with van der Waals surface area (Å²) in [4.78, 5) is 13.2. The standard InChI is InChI=1S/C31H27F5N6O/c1-40-16-20(13-19-11-7-8-12-24(19)40)41(2)30-37-15-22-27(39-42(3)29(22)38-30)21-14-23(31(34,35)36)26(33)28(25(21)32)43-17-18-9-5-4-6-10-18/h4-12,14-15,20H,13,16-17H2,1-3H3. The Morgan fingerprint density at radius 2 is 1.72 bits per heavy atom. The van der Waals surface area contributed by atoms with Crippen molar-refractivity contribution < 1.29 is 26.7 Å². The van der Waals surface area contributed by atoms with E-state index in [4.69, 9.17) is 4.74 Å². The second-order valence-electron chi connectivity index (χ2n) is 10.6. The number of para-hydroxylation sites is 1. The van der Waals surface area contributed by atoms with E-state index in [0.717, 1.165) is 18.7 Å². The number of aromatic nitrogens is 4. The van der Waals surface area contributed by atoms with Crippen LogP contribution >= 0.6 is 0 Å². The number of nitrogens with zero attached hydrogens (tertiary/aromatic N) is 6. The molecular weight excluding hydrogens is 567 g/mol. The second kappa shape index (κ2) is 10.8. The van der Waals surface area contributed by atoms with Gasteiger partial charge in [0.05, 0.1) is 17.0 Å². The van der Waals surface area contributed by atoms with Gasteiger partial charge in [-0.15, -0.1) is 0 Å². The zero-order valence-electron chi connectivity index (χ0n) is 23.5. The lowest BCUT2D eigenvalue weighted by atomic mass is 9.97. The van der Waals surface area contributed by atoms with Crippen molar-refractivity contribution in [3.05, 3.63) is 95.2 Å². The van der Waals surface area contributed by atoms with Crippen LogP contribution in [0.5, 0.6) is 5.75 Å². The molecule has 6 rings (SSSR count). The average molecular weight is 595 g/mol. The molecule has 43 heavy (non-hydrogen) atoms. The minimum Gasteiger partial charge on any atom is -0.483 e. The van der Waals surface area contributed by atoms with Gasteiger partial charge in [-0.25, -0.2) is 18.4 Å². The van der Waals surface area contributed by atoms with Gasteiger partial charge in [-0.2, -0.15) is 23.3 Å². The average Bonchev–Trinajstić information content (AvgIpc) is 3.31. The van der Waals surface area contributed by atoms with Crippen LogP contribution in [0.15, 0.2) is 66.9 Å². The van der Waals surface area contributed by atoms with Crippen LogP contribution in [-0.4, -0.2) is 46.4 Å². The van der Waals surface area contributed by atoms with Crippen molar-refractivity contribution in [1.82, 2.24) is 19.7 Å². The lowest BCUT2D eigenvalue weighted by molar-refractivity contribution is -0.140. The molecule has 0 saturated heterocycles. The Morgan fingerprint density at radius 3 is 2.47 bits per heavy atom.